The molecule has 144 valence electrons. The van der Waals surface area contributed by atoms with Crippen LogP contribution < -0.4 is 5.56 Å². The van der Waals surface area contributed by atoms with Crippen LogP contribution in [0.1, 0.15) is 54.7 Å². The normalized spacial score (nSPS) is 11.4. The first-order chi connectivity index (χ1) is 13.0. The molecule has 3 nitrogen and oxygen atoms in total. The van der Waals surface area contributed by atoms with Crippen molar-refractivity contribution in [2.24, 2.45) is 0 Å². The number of hydrogen-bond acceptors (Lipinski definition) is 4. The minimum Gasteiger partial charge on any atom is -0.268 e. The number of unbranched alkanes of at least 4 members (excludes halogenated alkanes) is 1. The van der Waals surface area contributed by atoms with Crippen molar-refractivity contribution in [3.05, 3.63) is 50.1 Å². The zero-order chi connectivity index (χ0) is 19.6. The minimum absolute atomic E-state index is 0.0679. The van der Waals surface area contributed by atoms with E-state index < -0.39 is 0 Å². The molecule has 27 heavy (non-hydrogen) atoms. The summed E-state index contributed by atoms with van der Waals surface area (Å²) in [7, 11) is 0. The Kier molecular flexibility index (Phi) is 6.43. The van der Waals surface area contributed by atoms with E-state index in [9.17, 15) is 4.79 Å². The number of thioether (sulfide) groups is 1. The second kappa shape index (κ2) is 8.61. The summed E-state index contributed by atoms with van der Waals surface area (Å²) in [6.07, 6.45) is 4.35. The zero-order valence-electron chi connectivity index (χ0n) is 16.9. The number of benzene rings is 1. The first-order valence-corrected chi connectivity index (χ1v) is 11.5. The van der Waals surface area contributed by atoms with Crippen LogP contribution in [0.3, 0.4) is 0 Å². The lowest BCUT2D eigenvalue weighted by atomic mass is 10.1. The summed E-state index contributed by atoms with van der Waals surface area (Å²) in [5, 5.41) is 1.61. The third-order valence-electron chi connectivity index (χ3n) is 4.99. The van der Waals surface area contributed by atoms with Gasteiger partial charge in [0.15, 0.2) is 5.16 Å². The zero-order valence-corrected chi connectivity index (χ0v) is 18.5. The Bertz CT molecular complexity index is 1020. The molecule has 0 saturated heterocycles. The fourth-order valence-corrected chi connectivity index (χ4v) is 5.59. The van der Waals surface area contributed by atoms with Gasteiger partial charge >= 0.3 is 0 Å². The fourth-order valence-electron chi connectivity index (χ4n) is 3.17. The number of thiophene rings is 1. The molecule has 0 amide bonds. The molecule has 0 aliphatic rings. The van der Waals surface area contributed by atoms with Gasteiger partial charge in [0.25, 0.3) is 5.56 Å². The molecule has 0 spiro atoms. The highest BCUT2D eigenvalue weighted by molar-refractivity contribution is 7.99. The molecule has 1 aromatic carbocycles. The Hall–Kier alpha value is -1.59. The van der Waals surface area contributed by atoms with E-state index in [1.807, 2.05) is 10.6 Å². The third-order valence-corrected chi connectivity index (χ3v) is 7.26. The Balaban J connectivity index is 2.25. The summed E-state index contributed by atoms with van der Waals surface area (Å²) in [6, 6.07) is 6.23. The standard InChI is InChI=1S/C22H28N2OS2/c1-6-8-12-26-22-23-20-19(16(5)18(27-20)9-7-2)21(25)24(22)17-11-10-14(3)15(4)13-17/h10-11,13H,6-9,12H2,1-5H3. The van der Waals surface area contributed by atoms with Crippen LogP contribution in [0.15, 0.2) is 28.2 Å². The van der Waals surface area contributed by atoms with E-state index in [-0.39, 0.29) is 5.56 Å². The van der Waals surface area contributed by atoms with Crippen LogP contribution >= 0.6 is 23.1 Å². The number of rotatable bonds is 7. The van der Waals surface area contributed by atoms with Crippen molar-refractivity contribution in [3.8, 4) is 5.69 Å². The summed E-state index contributed by atoms with van der Waals surface area (Å²) >= 11 is 3.38. The van der Waals surface area contributed by atoms with Crippen LogP contribution in [0.25, 0.3) is 15.9 Å². The highest BCUT2D eigenvalue weighted by Crippen LogP contribution is 2.31. The van der Waals surface area contributed by atoms with Gasteiger partial charge in [-0.2, -0.15) is 0 Å². The van der Waals surface area contributed by atoms with E-state index in [1.54, 1.807) is 23.1 Å². The van der Waals surface area contributed by atoms with Gasteiger partial charge in [-0.15, -0.1) is 11.3 Å². The molecule has 0 aliphatic carbocycles. The van der Waals surface area contributed by atoms with Crippen molar-refractivity contribution in [1.82, 2.24) is 9.55 Å². The van der Waals surface area contributed by atoms with Gasteiger partial charge in [0.1, 0.15) is 4.83 Å². The summed E-state index contributed by atoms with van der Waals surface area (Å²) in [5.41, 5.74) is 4.52. The first-order valence-electron chi connectivity index (χ1n) is 9.73. The molecule has 0 aliphatic heterocycles. The maximum atomic E-state index is 13.5. The van der Waals surface area contributed by atoms with Crippen LogP contribution in [0.2, 0.25) is 0 Å². The Morgan fingerprint density at radius 1 is 1.11 bits per heavy atom. The van der Waals surface area contributed by atoms with E-state index in [0.717, 1.165) is 58.1 Å². The van der Waals surface area contributed by atoms with Crippen LogP contribution in [0, 0.1) is 20.8 Å². The SMILES string of the molecule is CCCCSc1nc2sc(CCC)c(C)c2c(=O)n1-c1ccc(C)c(C)c1. The quantitative estimate of drug-likeness (QED) is 0.268. The Morgan fingerprint density at radius 2 is 1.89 bits per heavy atom. The summed E-state index contributed by atoms with van der Waals surface area (Å²) in [6.45, 7) is 10.6. The molecule has 0 bridgehead atoms. The van der Waals surface area contributed by atoms with Crippen molar-refractivity contribution >= 4 is 33.3 Å². The van der Waals surface area contributed by atoms with Gasteiger partial charge < -0.3 is 0 Å². The molecule has 3 rings (SSSR count). The van der Waals surface area contributed by atoms with Gasteiger partial charge in [-0.05, 0) is 62.4 Å². The lowest BCUT2D eigenvalue weighted by molar-refractivity contribution is 0.815. The molecule has 2 heterocycles. The van der Waals surface area contributed by atoms with Gasteiger partial charge in [0.2, 0.25) is 0 Å². The van der Waals surface area contributed by atoms with Gasteiger partial charge in [-0.25, -0.2) is 4.98 Å². The monoisotopic (exact) mass is 400 g/mol. The van der Waals surface area contributed by atoms with Crippen molar-refractivity contribution in [1.29, 1.82) is 0 Å². The van der Waals surface area contributed by atoms with Crippen molar-refractivity contribution in [2.45, 2.75) is 65.5 Å². The highest BCUT2D eigenvalue weighted by Gasteiger charge is 2.19. The van der Waals surface area contributed by atoms with E-state index in [4.69, 9.17) is 4.98 Å². The smallest absolute Gasteiger partial charge is 0.267 e. The predicted molar refractivity (Wildman–Crippen MR) is 119 cm³/mol. The maximum Gasteiger partial charge on any atom is 0.267 e. The van der Waals surface area contributed by atoms with E-state index in [0.29, 0.717) is 0 Å². The molecule has 0 unspecified atom stereocenters. The van der Waals surface area contributed by atoms with Crippen LogP contribution in [0.5, 0.6) is 0 Å². The number of hydrogen-bond donors (Lipinski definition) is 0. The van der Waals surface area contributed by atoms with Crippen molar-refractivity contribution in [3.63, 3.8) is 0 Å². The lowest BCUT2D eigenvalue weighted by Crippen LogP contribution is -2.22. The highest BCUT2D eigenvalue weighted by atomic mass is 32.2. The van der Waals surface area contributed by atoms with Gasteiger partial charge in [-0.1, -0.05) is 44.5 Å². The number of aryl methyl sites for hydroxylation is 4. The number of aromatic nitrogens is 2. The molecule has 0 saturated carbocycles. The molecule has 5 heteroatoms. The van der Waals surface area contributed by atoms with E-state index in [2.05, 4.69) is 46.8 Å². The molecule has 0 N–H and O–H groups in total. The fraction of sp³-hybridized carbons (Fsp3) is 0.455. The van der Waals surface area contributed by atoms with Crippen molar-refractivity contribution < 1.29 is 0 Å². The van der Waals surface area contributed by atoms with Crippen LogP contribution in [0.4, 0.5) is 0 Å². The van der Waals surface area contributed by atoms with Gasteiger partial charge in [0, 0.05) is 10.6 Å². The third kappa shape index (κ3) is 3.99. The number of nitrogens with zero attached hydrogens (tertiary/aromatic N) is 2. The van der Waals surface area contributed by atoms with Crippen LogP contribution in [-0.4, -0.2) is 15.3 Å². The van der Waals surface area contributed by atoms with Gasteiger partial charge in [0.05, 0.1) is 11.1 Å². The molecule has 0 atom stereocenters. The molecule has 3 aromatic rings. The summed E-state index contributed by atoms with van der Waals surface area (Å²) in [5.74, 6) is 0.978. The van der Waals surface area contributed by atoms with Crippen molar-refractivity contribution in [2.75, 3.05) is 5.75 Å². The predicted octanol–water partition coefficient (Wildman–Crippen LogP) is 6.22. The Morgan fingerprint density at radius 3 is 2.56 bits per heavy atom. The van der Waals surface area contributed by atoms with E-state index in [1.165, 1.54) is 16.0 Å². The van der Waals surface area contributed by atoms with Crippen LogP contribution in [-0.2, 0) is 6.42 Å². The largest absolute Gasteiger partial charge is 0.268 e. The topological polar surface area (TPSA) is 34.9 Å². The minimum atomic E-state index is 0.0679. The average molecular weight is 401 g/mol. The molecule has 0 fully saturated rings. The number of fused-ring (bicyclic) bond motifs is 1. The molecular formula is C22H28N2OS2. The summed E-state index contributed by atoms with van der Waals surface area (Å²) < 4.78 is 1.82. The maximum absolute atomic E-state index is 13.5. The molecule has 2 aromatic heterocycles. The Labute approximate surface area is 169 Å². The average Bonchev–Trinajstić information content (AvgIpc) is 2.94. The second-order valence-corrected chi connectivity index (χ2v) is 9.23. The van der Waals surface area contributed by atoms with Gasteiger partial charge in [-0.3, -0.25) is 9.36 Å². The lowest BCUT2D eigenvalue weighted by Gasteiger charge is -2.13. The van der Waals surface area contributed by atoms with E-state index >= 15 is 0 Å². The second-order valence-electron chi connectivity index (χ2n) is 7.09. The first kappa shape index (κ1) is 20.2. The summed E-state index contributed by atoms with van der Waals surface area (Å²) in [4.78, 5) is 20.7. The molecular weight excluding hydrogens is 372 g/mol. The molecule has 0 radical (unpaired) electrons.